The van der Waals surface area contributed by atoms with Crippen molar-refractivity contribution in [2.75, 3.05) is 19.6 Å². The molecular weight excluding hydrogens is 334 g/mol. The molecule has 1 saturated heterocycles. The fraction of sp³-hybridized carbons (Fsp3) is 0.250. The Balaban J connectivity index is 1.88. The molecule has 2 heterocycles. The Hall–Kier alpha value is -1.89. The summed E-state index contributed by atoms with van der Waals surface area (Å²) in [5.74, 6) is -0.602. The summed E-state index contributed by atoms with van der Waals surface area (Å²) < 4.78 is 0. The minimum atomic E-state index is -0.513. The topological polar surface area (TPSA) is 75.4 Å². The quantitative estimate of drug-likeness (QED) is 0.892. The molecule has 1 aromatic carbocycles. The van der Waals surface area contributed by atoms with E-state index in [1.807, 2.05) is 29.2 Å². The summed E-state index contributed by atoms with van der Waals surface area (Å²) in [6.07, 6.45) is 0. The van der Waals surface area contributed by atoms with Gasteiger partial charge >= 0.3 is 0 Å². The fourth-order valence-electron chi connectivity index (χ4n) is 2.69. The minimum Gasteiger partial charge on any atom is -0.365 e. The van der Waals surface area contributed by atoms with Gasteiger partial charge in [-0.15, -0.1) is 11.3 Å². The summed E-state index contributed by atoms with van der Waals surface area (Å²) in [5, 5.41) is 3.95. The molecule has 7 heteroatoms. The van der Waals surface area contributed by atoms with Gasteiger partial charge < -0.3 is 16.0 Å². The van der Waals surface area contributed by atoms with E-state index in [0.29, 0.717) is 27.9 Å². The van der Waals surface area contributed by atoms with Crippen LogP contribution in [0.5, 0.6) is 0 Å². The fourth-order valence-corrected chi connectivity index (χ4v) is 3.70. The van der Waals surface area contributed by atoms with Crippen molar-refractivity contribution in [3.63, 3.8) is 0 Å². The molecule has 1 unspecified atom stereocenters. The minimum absolute atomic E-state index is 0.0888. The van der Waals surface area contributed by atoms with E-state index < -0.39 is 5.91 Å². The van der Waals surface area contributed by atoms with E-state index in [2.05, 4.69) is 5.32 Å². The van der Waals surface area contributed by atoms with Gasteiger partial charge in [-0.3, -0.25) is 9.59 Å². The highest BCUT2D eigenvalue weighted by Gasteiger charge is 2.29. The number of thiophene rings is 1. The smallest absolute Gasteiger partial charge is 0.264 e. The van der Waals surface area contributed by atoms with Crippen molar-refractivity contribution in [3.8, 4) is 0 Å². The maximum Gasteiger partial charge on any atom is 0.264 e. The van der Waals surface area contributed by atoms with Crippen LogP contribution in [0.1, 0.15) is 30.9 Å². The molecule has 23 heavy (non-hydrogen) atoms. The lowest BCUT2D eigenvalue weighted by atomic mass is 10.0. The van der Waals surface area contributed by atoms with Crippen LogP contribution in [0.25, 0.3) is 0 Å². The van der Waals surface area contributed by atoms with Crippen LogP contribution in [0.2, 0.25) is 5.02 Å². The third-order valence-electron chi connectivity index (χ3n) is 3.80. The summed E-state index contributed by atoms with van der Waals surface area (Å²) in [4.78, 5) is 26.8. The van der Waals surface area contributed by atoms with Crippen LogP contribution in [0.4, 0.5) is 0 Å². The molecule has 3 rings (SSSR count). The number of nitrogens with zero attached hydrogens (tertiary/aromatic N) is 1. The van der Waals surface area contributed by atoms with Gasteiger partial charge in [0.25, 0.3) is 11.8 Å². The maximum absolute atomic E-state index is 12.8. The normalized spacial score (nSPS) is 18.0. The van der Waals surface area contributed by atoms with Crippen molar-refractivity contribution >= 4 is 34.8 Å². The second-order valence-corrected chi connectivity index (χ2v) is 6.82. The van der Waals surface area contributed by atoms with E-state index in [1.165, 1.54) is 0 Å². The highest BCUT2D eigenvalue weighted by Crippen LogP contribution is 2.28. The number of primary amides is 1. The van der Waals surface area contributed by atoms with Gasteiger partial charge in [-0.2, -0.15) is 0 Å². The monoisotopic (exact) mass is 349 g/mol. The Morgan fingerprint density at radius 2 is 2.04 bits per heavy atom. The van der Waals surface area contributed by atoms with E-state index in [4.69, 9.17) is 17.3 Å². The van der Waals surface area contributed by atoms with Crippen LogP contribution in [0, 0.1) is 0 Å². The second-order valence-electron chi connectivity index (χ2n) is 5.30. The first-order valence-corrected chi connectivity index (χ1v) is 8.42. The number of nitrogens with two attached hydrogens (primary N) is 1. The zero-order valence-corrected chi connectivity index (χ0v) is 13.9. The SMILES string of the molecule is NC(=O)c1ccc(C(=O)N2CCNCC2c2cccc(Cl)c2)s1. The van der Waals surface area contributed by atoms with Crippen LogP contribution >= 0.6 is 22.9 Å². The van der Waals surface area contributed by atoms with Crippen molar-refractivity contribution in [1.82, 2.24) is 10.2 Å². The van der Waals surface area contributed by atoms with Crippen LogP contribution in [0.15, 0.2) is 36.4 Å². The van der Waals surface area contributed by atoms with Crippen molar-refractivity contribution in [2.24, 2.45) is 5.73 Å². The molecule has 0 radical (unpaired) electrons. The largest absolute Gasteiger partial charge is 0.365 e. The number of amides is 2. The van der Waals surface area contributed by atoms with E-state index in [1.54, 1.807) is 12.1 Å². The molecular formula is C16H16ClN3O2S. The third kappa shape index (κ3) is 3.39. The number of hydrogen-bond donors (Lipinski definition) is 2. The zero-order chi connectivity index (χ0) is 16.4. The molecule has 1 aliphatic rings. The summed E-state index contributed by atoms with van der Waals surface area (Å²) in [6, 6.07) is 10.7. The van der Waals surface area contributed by atoms with Gasteiger partial charge in [0, 0.05) is 24.7 Å². The molecule has 120 valence electrons. The molecule has 1 atom stereocenters. The Bertz CT molecular complexity index is 746. The molecule has 0 bridgehead atoms. The zero-order valence-electron chi connectivity index (χ0n) is 12.3. The number of piperazine rings is 1. The highest BCUT2D eigenvalue weighted by molar-refractivity contribution is 7.15. The lowest BCUT2D eigenvalue weighted by Gasteiger charge is -2.36. The molecule has 1 aliphatic heterocycles. The van der Waals surface area contributed by atoms with Gasteiger partial charge in [0.15, 0.2) is 0 Å². The number of benzene rings is 1. The van der Waals surface area contributed by atoms with E-state index in [9.17, 15) is 9.59 Å². The Labute approximate surface area is 143 Å². The molecule has 2 aromatic rings. The molecule has 1 fully saturated rings. The number of hydrogen-bond acceptors (Lipinski definition) is 4. The first-order chi connectivity index (χ1) is 11.1. The maximum atomic E-state index is 12.8. The average Bonchev–Trinajstić information content (AvgIpc) is 3.04. The van der Waals surface area contributed by atoms with Crippen LogP contribution in [-0.2, 0) is 0 Å². The molecule has 0 saturated carbocycles. The number of halogens is 1. The van der Waals surface area contributed by atoms with Gasteiger partial charge in [0.05, 0.1) is 15.8 Å². The standard InChI is InChI=1S/C16H16ClN3O2S/c17-11-3-1-2-10(8-11)12-9-19-6-7-20(12)16(22)14-5-4-13(23-14)15(18)21/h1-5,8,12,19H,6-7,9H2,(H2,18,21). The summed E-state index contributed by atoms with van der Waals surface area (Å²) in [7, 11) is 0. The van der Waals surface area contributed by atoms with Crippen molar-refractivity contribution in [1.29, 1.82) is 0 Å². The van der Waals surface area contributed by atoms with Crippen molar-refractivity contribution < 1.29 is 9.59 Å². The van der Waals surface area contributed by atoms with Gasteiger partial charge in [-0.25, -0.2) is 0 Å². The van der Waals surface area contributed by atoms with Gasteiger partial charge in [-0.1, -0.05) is 23.7 Å². The van der Waals surface area contributed by atoms with Crippen LogP contribution < -0.4 is 11.1 Å². The van der Waals surface area contributed by atoms with Crippen molar-refractivity contribution in [3.05, 3.63) is 56.7 Å². The number of rotatable bonds is 3. The summed E-state index contributed by atoms with van der Waals surface area (Å²) >= 11 is 7.20. The lowest BCUT2D eigenvalue weighted by Crippen LogP contribution is -2.48. The summed E-state index contributed by atoms with van der Waals surface area (Å²) in [6.45, 7) is 2.00. The van der Waals surface area contributed by atoms with E-state index >= 15 is 0 Å². The van der Waals surface area contributed by atoms with Crippen LogP contribution in [-0.4, -0.2) is 36.3 Å². The second kappa shape index (κ2) is 6.70. The Kier molecular flexibility index (Phi) is 4.66. The molecule has 0 aliphatic carbocycles. The molecule has 1 aromatic heterocycles. The lowest BCUT2D eigenvalue weighted by molar-refractivity contribution is 0.0639. The van der Waals surface area contributed by atoms with Gasteiger partial charge in [0.2, 0.25) is 0 Å². The Morgan fingerprint density at radius 3 is 2.74 bits per heavy atom. The predicted octanol–water partition coefficient (Wildman–Crippen LogP) is 2.29. The average molecular weight is 350 g/mol. The third-order valence-corrected chi connectivity index (χ3v) is 5.12. The van der Waals surface area contributed by atoms with E-state index in [0.717, 1.165) is 23.4 Å². The molecule has 2 amide bonds. The first kappa shape index (κ1) is 16.0. The molecule has 3 N–H and O–H groups in total. The van der Waals surface area contributed by atoms with Crippen molar-refractivity contribution in [2.45, 2.75) is 6.04 Å². The van der Waals surface area contributed by atoms with Gasteiger partial charge in [-0.05, 0) is 29.8 Å². The number of carbonyl (C=O) groups is 2. The molecule has 0 spiro atoms. The van der Waals surface area contributed by atoms with Crippen LogP contribution in [0.3, 0.4) is 0 Å². The first-order valence-electron chi connectivity index (χ1n) is 7.23. The highest BCUT2D eigenvalue weighted by atomic mass is 35.5. The molecule has 5 nitrogen and oxygen atoms in total. The van der Waals surface area contributed by atoms with Gasteiger partial charge in [0.1, 0.15) is 0 Å². The number of nitrogens with one attached hydrogen (secondary N) is 1. The summed E-state index contributed by atoms with van der Waals surface area (Å²) in [5.41, 5.74) is 6.25. The predicted molar refractivity (Wildman–Crippen MR) is 90.9 cm³/mol. The number of carbonyl (C=O) groups excluding carboxylic acids is 2. The Morgan fingerprint density at radius 1 is 1.26 bits per heavy atom. The van der Waals surface area contributed by atoms with E-state index in [-0.39, 0.29) is 11.9 Å².